The van der Waals surface area contributed by atoms with E-state index in [-0.39, 0.29) is 11.8 Å². The number of methoxy groups -OCH3 is 2. The van der Waals surface area contributed by atoms with Crippen molar-refractivity contribution in [2.24, 2.45) is 0 Å². The fraction of sp³-hybridized carbons (Fsp3) is 0.353. The number of anilines is 2. The molecule has 0 spiro atoms. The molecular weight excluding hydrogens is 310 g/mol. The third-order valence-corrected chi connectivity index (χ3v) is 3.78. The van der Waals surface area contributed by atoms with Gasteiger partial charge in [-0.05, 0) is 32.0 Å². The third kappa shape index (κ3) is 3.87. The molecule has 2 rings (SSSR count). The third-order valence-electron chi connectivity index (χ3n) is 3.78. The highest BCUT2D eigenvalue weighted by Gasteiger charge is 2.16. The van der Waals surface area contributed by atoms with E-state index < -0.39 is 12.2 Å². The molecule has 2 atom stereocenters. The molecule has 1 aromatic heterocycles. The summed E-state index contributed by atoms with van der Waals surface area (Å²) in [7, 11) is 2.95. The molecule has 1 aromatic carbocycles. The highest BCUT2D eigenvalue weighted by Crippen LogP contribution is 2.29. The highest BCUT2D eigenvalue weighted by molar-refractivity contribution is 6.10. The summed E-state index contributed by atoms with van der Waals surface area (Å²) in [5.41, 5.74) is 1.23. The zero-order valence-electron chi connectivity index (χ0n) is 14.1. The lowest BCUT2D eigenvalue weighted by atomic mass is 10.1. The van der Waals surface area contributed by atoms with Crippen LogP contribution in [0.4, 0.5) is 11.4 Å². The van der Waals surface area contributed by atoms with Gasteiger partial charge in [-0.1, -0.05) is 0 Å². The molecule has 0 aliphatic heterocycles. The average molecular weight is 331 g/mol. The summed E-state index contributed by atoms with van der Waals surface area (Å²) in [6, 6.07) is 5.23. The van der Waals surface area contributed by atoms with Crippen LogP contribution >= 0.6 is 0 Å². The van der Waals surface area contributed by atoms with Crippen LogP contribution in [-0.2, 0) is 19.1 Å². The van der Waals surface area contributed by atoms with Gasteiger partial charge >= 0.3 is 0 Å². The maximum atomic E-state index is 12.0. The first kappa shape index (κ1) is 17.8. The standard InChI is InChI=1S/C17H21N3O4/c1-10(23-3)16(21)19-14-5-6-15(20-17(22)11(2)24-4)13-9-18-8-7-12(13)14/h5-11H,1-4H3,(H,19,21)(H,20,22). The van der Waals surface area contributed by atoms with Crippen LogP contribution in [0.3, 0.4) is 0 Å². The van der Waals surface area contributed by atoms with E-state index in [0.717, 1.165) is 10.8 Å². The summed E-state index contributed by atoms with van der Waals surface area (Å²) in [6.45, 7) is 3.33. The number of aromatic nitrogens is 1. The van der Waals surface area contributed by atoms with Gasteiger partial charge in [0, 0.05) is 43.1 Å². The van der Waals surface area contributed by atoms with Crippen molar-refractivity contribution in [3.05, 3.63) is 30.6 Å². The Kier molecular flexibility index (Phi) is 5.83. The molecule has 0 radical (unpaired) electrons. The van der Waals surface area contributed by atoms with Gasteiger partial charge in [-0.3, -0.25) is 14.6 Å². The van der Waals surface area contributed by atoms with Crippen LogP contribution in [0.15, 0.2) is 30.6 Å². The number of hydrogen-bond acceptors (Lipinski definition) is 5. The van der Waals surface area contributed by atoms with Crippen molar-refractivity contribution in [1.82, 2.24) is 4.98 Å². The molecule has 0 saturated carbocycles. The molecular formula is C17H21N3O4. The average Bonchev–Trinajstić information content (AvgIpc) is 2.61. The van der Waals surface area contributed by atoms with Crippen LogP contribution in [0, 0.1) is 0 Å². The molecule has 128 valence electrons. The number of nitrogens with one attached hydrogen (secondary N) is 2. The number of pyridine rings is 1. The second kappa shape index (κ2) is 7.85. The Labute approximate surface area is 140 Å². The minimum absolute atomic E-state index is 0.250. The predicted molar refractivity (Wildman–Crippen MR) is 91.9 cm³/mol. The fourth-order valence-electron chi connectivity index (χ4n) is 2.09. The van der Waals surface area contributed by atoms with Crippen molar-refractivity contribution in [3.63, 3.8) is 0 Å². The number of amides is 2. The smallest absolute Gasteiger partial charge is 0.253 e. The number of hydrogen-bond donors (Lipinski definition) is 2. The van der Waals surface area contributed by atoms with Gasteiger partial charge in [-0.2, -0.15) is 0 Å². The Hall–Kier alpha value is -2.51. The normalized spacial score (nSPS) is 13.3. The minimum atomic E-state index is -0.571. The number of nitrogens with zero attached hydrogens (tertiary/aromatic N) is 1. The Morgan fingerprint density at radius 1 is 0.917 bits per heavy atom. The van der Waals surface area contributed by atoms with Gasteiger partial charge in [0.25, 0.3) is 11.8 Å². The summed E-state index contributed by atoms with van der Waals surface area (Å²) >= 11 is 0. The molecule has 0 bridgehead atoms. The summed E-state index contributed by atoms with van der Waals surface area (Å²) in [5, 5.41) is 7.12. The van der Waals surface area contributed by atoms with Crippen LogP contribution in [0.2, 0.25) is 0 Å². The molecule has 0 fully saturated rings. The molecule has 2 unspecified atom stereocenters. The molecule has 0 aliphatic carbocycles. The van der Waals surface area contributed by atoms with Crippen molar-refractivity contribution in [2.45, 2.75) is 26.1 Å². The van der Waals surface area contributed by atoms with Crippen molar-refractivity contribution < 1.29 is 19.1 Å². The predicted octanol–water partition coefficient (Wildman–Crippen LogP) is 2.18. The maximum absolute atomic E-state index is 12.0. The first-order chi connectivity index (χ1) is 11.5. The summed E-state index contributed by atoms with van der Waals surface area (Å²) < 4.78 is 10.0. The lowest BCUT2D eigenvalue weighted by Gasteiger charge is -2.16. The summed E-state index contributed by atoms with van der Waals surface area (Å²) in [6.07, 6.45) is 2.13. The van der Waals surface area contributed by atoms with Gasteiger partial charge in [-0.25, -0.2) is 0 Å². The van der Waals surface area contributed by atoms with Gasteiger partial charge in [0.15, 0.2) is 0 Å². The van der Waals surface area contributed by atoms with Crippen molar-refractivity contribution >= 4 is 34.0 Å². The maximum Gasteiger partial charge on any atom is 0.253 e. The quantitative estimate of drug-likeness (QED) is 0.847. The molecule has 2 amide bonds. The van der Waals surface area contributed by atoms with E-state index in [9.17, 15) is 9.59 Å². The monoisotopic (exact) mass is 331 g/mol. The largest absolute Gasteiger partial charge is 0.372 e. The fourth-order valence-corrected chi connectivity index (χ4v) is 2.09. The number of carbonyl (C=O) groups is 2. The summed E-state index contributed by atoms with van der Waals surface area (Å²) in [4.78, 5) is 28.2. The zero-order valence-corrected chi connectivity index (χ0v) is 14.1. The number of rotatable bonds is 6. The second-order valence-electron chi connectivity index (χ2n) is 5.32. The Morgan fingerprint density at radius 3 is 1.92 bits per heavy atom. The lowest BCUT2D eigenvalue weighted by molar-refractivity contribution is -0.125. The Balaban J connectivity index is 2.36. The van der Waals surface area contributed by atoms with Crippen molar-refractivity contribution in [1.29, 1.82) is 0 Å². The van der Waals surface area contributed by atoms with Crippen molar-refractivity contribution in [2.75, 3.05) is 24.9 Å². The van der Waals surface area contributed by atoms with E-state index in [2.05, 4.69) is 15.6 Å². The number of benzene rings is 1. The SMILES string of the molecule is COC(C)C(=O)Nc1ccc(NC(=O)C(C)OC)c2cnccc12. The topological polar surface area (TPSA) is 89.6 Å². The first-order valence-corrected chi connectivity index (χ1v) is 7.52. The molecule has 7 heteroatoms. The molecule has 2 N–H and O–H groups in total. The molecule has 0 aliphatic rings. The molecule has 24 heavy (non-hydrogen) atoms. The van der Waals surface area contributed by atoms with Gasteiger partial charge in [-0.15, -0.1) is 0 Å². The summed E-state index contributed by atoms with van der Waals surface area (Å²) in [5.74, 6) is -0.507. The van der Waals surface area contributed by atoms with Gasteiger partial charge in [0.05, 0.1) is 5.69 Å². The van der Waals surface area contributed by atoms with E-state index >= 15 is 0 Å². The molecule has 2 aromatic rings. The first-order valence-electron chi connectivity index (χ1n) is 7.52. The van der Waals surface area contributed by atoms with Gasteiger partial charge in [0.2, 0.25) is 0 Å². The van der Waals surface area contributed by atoms with Crippen LogP contribution in [0.5, 0.6) is 0 Å². The number of fused-ring (bicyclic) bond motifs is 1. The minimum Gasteiger partial charge on any atom is -0.372 e. The molecule has 1 heterocycles. The number of ether oxygens (including phenoxy) is 2. The van der Waals surface area contributed by atoms with E-state index in [1.807, 2.05) is 0 Å². The zero-order chi connectivity index (χ0) is 17.7. The molecule has 0 saturated heterocycles. The van der Waals surface area contributed by atoms with Gasteiger partial charge in [0.1, 0.15) is 12.2 Å². The van der Waals surface area contributed by atoms with E-state index in [1.54, 1.807) is 44.4 Å². The Bertz CT molecular complexity index is 685. The second-order valence-corrected chi connectivity index (χ2v) is 5.32. The van der Waals surface area contributed by atoms with Gasteiger partial charge < -0.3 is 20.1 Å². The van der Waals surface area contributed by atoms with Crippen LogP contribution in [-0.4, -0.2) is 43.2 Å². The highest BCUT2D eigenvalue weighted by atomic mass is 16.5. The molecule has 7 nitrogen and oxygen atoms in total. The van der Waals surface area contributed by atoms with E-state index in [1.165, 1.54) is 14.2 Å². The van der Waals surface area contributed by atoms with Crippen LogP contribution in [0.1, 0.15) is 13.8 Å². The van der Waals surface area contributed by atoms with Crippen LogP contribution in [0.25, 0.3) is 10.8 Å². The van der Waals surface area contributed by atoms with E-state index in [0.29, 0.717) is 11.4 Å². The van der Waals surface area contributed by atoms with E-state index in [4.69, 9.17) is 9.47 Å². The van der Waals surface area contributed by atoms with Crippen LogP contribution < -0.4 is 10.6 Å². The van der Waals surface area contributed by atoms with Crippen molar-refractivity contribution in [3.8, 4) is 0 Å². The Morgan fingerprint density at radius 2 is 1.42 bits per heavy atom. The number of carbonyl (C=O) groups excluding carboxylic acids is 2. The lowest BCUT2D eigenvalue weighted by Crippen LogP contribution is -2.27.